The Bertz CT molecular complexity index is 112. The maximum absolute atomic E-state index is 3.62. The molecule has 0 unspecified atom stereocenters. The SMILES string of the molecule is CN1CC2(CCCCN2)C1. The second-order valence-electron chi connectivity index (χ2n) is 3.84. The molecule has 2 saturated heterocycles. The van der Waals surface area contributed by atoms with Crippen molar-refractivity contribution in [3.63, 3.8) is 0 Å². The van der Waals surface area contributed by atoms with Crippen LogP contribution in [0, 0.1) is 0 Å². The van der Waals surface area contributed by atoms with Crippen LogP contribution in [0.2, 0.25) is 0 Å². The van der Waals surface area contributed by atoms with Crippen LogP contribution in [0.25, 0.3) is 0 Å². The summed E-state index contributed by atoms with van der Waals surface area (Å²) in [5, 5.41) is 3.62. The summed E-state index contributed by atoms with van der Waals surface area (Å²) in [5.74, 6) is 0. The Morgan fingerprint density at radius 1 is 1.30 bits per heavy atom. The highest BCUT2D eigenvalue weighted by Gasteiger charge is 2.41. The molecule has 2 fully saturated rings. The molecule has 0 radical (unpaired) electrons. The minimum atomic E-state index is 0.549. The van der Waals surface area contributed by atoms with Gasteiger partial charge in [0.05, 0.1) is 0 Å². The highest BCUT2D eigenvalue weighted by Crippen LogP contribution is 2.27. The summed E-state index contributed by atoms with van der Waals surface area (Å²) in [5.41, 5.74) is 0.549. The van der Waals surface area contributed by atoms with Crippen molar-refractivity contribution in [3.05, 3.63) is 0 Å². The number of piperidine rings is 1. The van der Waals surface area contributed by atoms with Crippen LogP contribution in [0.4, 0.5) is 0 Å². The summed E-state index contributed by atoms with van der Waals surface area (Å²) in [4.78, 5) is 2.39. The van der Waals surface area contributed by atoms with Gasteiger partial charge in [-0.1, -0.05) is 6.42 Å². The molecular weight excluding hydrogens is 124 g/mol. The lowest BCUT2D eigenvalue weighted by molar-refractivity contribution is 0.0436. The predicted octanol–water partition coefficient (Wildman–Crippen LogP) is 0.444. The molecule has 0 aromatic carbocycles. The monoisotopic (exact) mass is 140 g/mol. The molecular formula is C8H16N2. The minimum Gasteiger partial charge on any atom is -0.309 e. The highest BCUT2D eigenvalue weighted by molar-refractivity contribution is 5.02. The van der Waals surface area contributed by atoms with Gasteiger partial charge in [0.25, 0.3) is 0 Å². The molecule has 2 aliphatic rings. The molecule has 2 aliphatic heterocycles. The van der Waals surface area contributed by atoms with Crippen LogP contribution in [0.3, 0.4) is 0 Å². The first-order valence-corrected chi connectivity index (χ1v) is 4.24. The fraction of sp³-hybridized carbons (Fsp3) is 1.00. The van der Waals surface area contributed by atoms with E-state index in [0.29, 0.717) is 5.54 Å². The third-order valence-corrected chi connectivity index (χ3v) is 2.73. The number of nitrogens with one attached hydrogen (secondary N) is 1. The van der Waals surface area contributed by atoms with Gasteiger partial charge < -0.3 is 10.2 Å². The van der Waals surface area contributed by atoms with Crippen LogP contribution >= 0.6 is 0 Å². The summed E-state index contributed by atoms with van der Waals surface area (Å²) < 4.78 is 0. The van der Waals surface area contributed by atoms with E-state index >= 15 is 0 Å². The number of likely N-dealkylation sites (N-methyl/N-ethyl adjacent to an activating group) is 1. The Balaban J connectivity index is 1.90. The standard InChI is InChI=1S/C8H16N2/c1-10-6-8(7-10)4-2-3-5-9-8/h9H,2-7H2,1H3. The van der Waals surface area contributed by atoms with Gasteiger partial charge in [0.1, 0.15) is 0 Å². The lowest BCUT2D eigenvalue weighted by Crippen LogP contribution is -2.69. The van der Waals surface area contributed by atoms with E-state index in [1.54, 1.807) is 0 Å². The second-order valence-corrected chi connectivity index (χ2v) is 3.84. The Morgan fingerprint density at radius 3 is 2.60 bits per heavy atom. The first kappa shape index (κ1) is 6.62. The summed E-state index contributed by atoms with van der Waals surface area (Å²) >= 11 is 0. The average Bonchev–Trinajstić information content (AvgIpc) is 1.87. The van der Waals surface area contributed by atoms with E-state index in [0.717, 1.165) is 0 Å². The van der Waals surface area contributed by atoms with Crippen LogP contribution in [0.5, 0.6) is 0 Å². The summed E-state index contributed by atoms with van der Waals surface area (Å²) in [6.07, 6.45) is 4.21. The van der Waals surface area contributed by atoms with Gasteiger partial charge in [0, 0.05) is 18.6 Å². The minimum absolute atomic E-state index is 0.549. The van der Waals surface area contributed by atoms with Crippen molar-refractivity contribution in [2.45, 2.75) is 24.8 Å². The maximum Gasteiger partial charge on any atom is 0.0437 e. The molecule has 0 saturated carbocycles. The number of hydrogen-bond donors (Lipinski definition) is 1. The highest BCUT2D eigenvalue weighted by atomic mass is 15.3. The fourth-order valence-electron chi connectivity index (χ4n) is 2.29. The average molecular weight is 140 g/mol. The van der Waals surface area contributed by atoms with E-state index in [2.05, 4.69) is 17.3 Å². The lowest BCUT2D eigenvalue weighted by atomic mass is 9.82. The Morgan fingerprint density at radius 2 is 2.10 bits per heavy atom. The molecule has 10 heavy (non-hydrogen) atoms. The van der Waals surface area contributed by atoms with Gasteiger partial charge in [-0.05, 0) is 26.4 Å². The Kier molecular flexibility index (Phi) is 1.46. The smallest absolute Gasteiger partial charge is 0.0437 e. The zero-order chi connectivity index (χ0) is 7.03. The van der Waals surface area contributed by atoms with Gasteiger partial charge in [-0.3, -0.25) is 0 Å². The topological polar surface area (TPSA) is 15.3 Å². The van der Waals surface area contributed by atoms with Gasteiger partial charge in [-0.25, -0.2) is 0 Å². The summed E-state index contributed by atoms with van der Waals surface area (Å²) in [6, 6.07) is 0. The number of nitrogens with zero attached hydrogens (tertiary/aromatic N) is 1. The van der Waals surface area contributed by atoms with Gasteiger partial charge >= 0.3 is 0 Å². The second kappa shape index (κ2) is 2.21. The molecule has 2 heterocycles. The van der Waals surface area contributed by atoms with Crippen molar-refractivity contribution in [2.75, 3.05) is 26.7 Å². The first-order valence-electron chi connectivity index (χ1n) is 4.24. The molecule has 0 aromatic heterocycles. The normalized spacial score (nSPS) is 32.1. The van der Waals surface area contributed by atoms with Crippen molar-refractivity contribution in [1.82, 2.24) is 10.2 Å². The first-order chi connectivity index (χ1) is 4.81. The molecule has 1 spiro atoms. The predicted molar refractivity (Wildman–Crippen MR) is 42.1 cm³/mol. The molecule has 0 amide bonds. The number of hydrogen-bond acceptors (Lipinski definition) is 2. The van der Waals surface area contributed by atoms with Crippen LogP contribution < -0.4 is 5.32 Å². The van der Waals surface area contributed by atoms with E-state index in [4.69, 9.17) is 0 Å². The molecule has 0 atom stereocenters. The van der Waals surface area contributed by atoms with Gasteiger partial charge in [0.15, 0.2) is 0 Å². The molecule has 2 rings (SSSR count). The molecule has 0 aromatic rings. The molecule has 0 aliphatic carbocycles. The zero-order valence-electron chi connectivity index (χ0n) is 6.69. The molecule has 1 N–H and O–H groups in total. The van der Waals surface area contributed by atoms with Crippen LogP contribution in [-0.2, 0) is 0 Å². The summed E-state index contributed by atoms with van der Waals surface area (Å²) in [6.45, 7) is 3.79. The van der Waals surface area contributed by atoms with Crippen molar-refractivity contribution >= 4 is 0 Å². The molecule has 2 heteroatoms. The van der Waals surface area contributed by atoms with E-state index in [9.17, 15) is 0 Å². The van der Waals surface area contributed by atoms with Gasteiger partial charge in [-0.15, -0.1) is 0 Å². The maximum atomic E-state index is 3.62. The van der Waals surface area contributed by atoms with Gasteiger partial charge in [0.2, 0.25) is 0 Å². The fourth-order valence-corrected chi connectivity index (χ4v) is 2.29. The number of likely N-dealkylation sites (tertiary alicyclic amines) is 1. The van der Waals surface area contributed by atoms with Crippen molar-refractivity contribution in [2.24, 2.45) is 0 Å². The third kappa shape index (κ3) is 0.956. The van der Waals surface area contributed by atoms with Crippen molar-refractivity contribution in [3.8, 4) is 0 Å². The quantitative estimate of drug-likeness (QED) is 0.525. The zero-order valence-corrected chi connectivity index (χ0v) is 6.69. The van der Waals surface area contributed by atoms with Crippen molar-refractivity contribution < 1.29 is 0 Å². The van der Waals surface area contributed by atoms with E-state index in [1.807, 2.05) is 0 Å². The third-order valence-electron chi connectivity index (χ3n) is 2.73. The van der Waals surface area contributed by atoms with Crippen molar-refractivity contribution in [1.29, 1.82) is 0 Å². The molecule has 58 valence electrons. The van der Waals surface area contributed by atoms with Crippen LogP contribution in [0.15, 0.2) is 0 Å². The number of rotatable bonds is 0. The van der Waals surface area contributed by atoms with E-state index in [-0.39, 0.29) is 0 Å². The Hall–Kier alpha value is -0.0800. The van der Waals surface area contributed by atoms with Gasteiger partial charge in [-0.2, -0.15) is 0 Å². The summed E-state index contributed by atoms with van der Waals surface area (Å²) in [7, 11) is 2.20. The largest absolute Gasteiger partial charge is 0.309 e. The Labute approximate surface area is 62.6 Å². The molecule has 2 nitrogen and oxygen atoms in total. The van der Waals surface area contributed by atoms with E-state index in [1.165, 1.54) is 38.9 Å². The van der Waals surface area contributed by atoms with Crippen LogP contribution in [0.1, 0.15) is 19.3 Å². The lowest BCUT2D eigenvalue weighted by Gasteiger charge is -2.51. The van der Waals surface area contributed by atoms with Crippen LogP contribution in [-0.4, -0.2) is 37.1 Å². The van der Waals surface area contributed by atoms with E-state index < -0.39 is 0 Å². The molecule has 0 bridgehead atoms.